The Morgan fingerprint density at radius 1 is 0.791 bits per heavy atom. The van der Waals surface area contributed by atoms with Gasteiger partial charge in [-0.05, 0) is 87.0 Å². The Kier molecular flexibility index (Phi) is 10.6. The fourth-order valence-electron chi connectivity index (χ4n) is 4.33. The minimum Gasteiger partial charge on any atom is -0.457 e. The lowest BCUT2D eigenvalue weighted by molar-refractivity contribution is -0.139. The van der Waals surface area contributed by atoms with Crippen LogP contribution in [0.15, 0.2) is 119 Å². The molecule has 4 aromatic rings. The van der Waals surface area contributed by atoms with Crippen LogP contribution in [0.1, 0.15) is 26.3 Å². The Bertz CT molecular complexity index is 1620. The van der Waals surface area contributed by atoms with Crippen molar-refractivity contribution in [3.05, 3.63) is 119 Å². The van der Waals surface area contributed by atoms with Gasteiger partial charge in [-0.3, -0.25) is 13.9 Å². The number of ether oxygens (including phenoxy) is 1. The topological polar surface area (TPSA) is 96.0 Å². The molecular weight excluding hydrogens is 630 g/mol. The Morgan fingerprint density at radius 2 is 1.35 bits per heavy atom. The lowest BCUT2D eigenvalue weighted by Crippen LogP contribution is -2.52. The number of nitrogens with zero attached hydrogens (tertiary/aromatic N) is 2. The number of anilines is 1. The first-order valence-electron chi connectivity index (χ1n) is 13.8. The number of para-hydroxylation sites is 1. The van der Waals surface area contributed by atoms with E-state index in [0.29, 0.717) is 11.5 Å². The summed E-state index contributed by atoms with van der Waals surface area (Å²) in [5.74, 6) is 0.282. The van der Waals surface area contributed by atoms with Crippen molar-refractivity contribution in [3.8, 4) is 11.5 Å². The van der Waals surface area contributed by atoms with Crippen LogP contribution in [0.4, 0.5) is 5.69 Å². The molecule has 10 heteroatoms. The highest BCUT2D eigenvalue weighted by atomic mass is 79.9. The number of sulfonamides is 1. The molecule has 0 spiro atoms. The zero-order valence-electron chi connectivity index (χ0n) is 24.2. The van der Waals surface area contributed by atoms with Gasteiger partial charge in [0.25, 0.3) is 10.0 Å². The van der Waals surface area contributed by atoms with Gasteiger partial charge in [0.05, 0.1) is 10.6 Å². The van der Waals surface area contributed by atoms with E-state index in [0.717, 1.165) is 14.3 Å². The third-order valence-electron chi connectivity index (χ3n) is 6.58. The van der Waals surface area contributed by atoms with Crippen LogP contribution in [0.5, 0.6) is 11.5 Å². The van der Waals surface area contributed by atoms with Crippen molar-refractivity contribution in [2.45, 2.75) is 44.3 Å². The maximum atomic E-state index is 14.0. The smallest absolute Gasteiger partial charge is 0.264 e. The molecule has 43 heavy (non-hydrogen) atoms. The summed E-state index contributed by atoms with van der Waals surface area (Å²) in [5.41, 5.74) is 1.07. The first-order chi connectivity index (χ1) is 20.5. The molecule has 4 aromatic carbocycles. The highest BCUT2D eigenvalue weighted by molar-refractivity contribution is 9.10. The molecule has 0 fully saturated rings. The van der Waals surface area contributed by atoms with Crippen LogP contribution in [0, 0.1) is 0 Å². The van der Waals surface area contributed by atoms with E-state index in [-0.39, 0.29) is 29.1 Å². The number of carbonyl (C=O) groups excluding carboxylic acids is 2. The van der Waals surface area contributed by atoms with Gasteiger partial charge in [0, 0.05) is 17.1 Å². The third-order valence-corrected chi connectivity index (χ3v) is 8.89. The first kappa shape index (κ1) is 31.8. The van der Waals surface area contributed by atoms with Gasteiger partial charge in [0.2, 0.25) is 11.8 Å². The molecule has 0 saturated heterocycles. The van der Waals surface area contributed by atoms with Gasteiger partial charge >= 0.3 is 0 Å². The highest BCUT2D eigenvalue weighted by Gasteiger charge is 2.32. The summed E-state index contributed by atoms with van der Waals surface area (Å²) in [4.78, 5) is 28.5. The molecule has 8 nitrogen and oxygen atoms in total. The molecule has 0 heterocycles. The van der Waals surface area contributed by atoms with Gasteiger partial charge in [-0.25, -0.2) is 8.42 Å². The molecule has 0 saturated carbocycles. The van der Waals surface area contributed by atoms with Gasteiger partial charge in [-0.2, -0.15) is 0 Å². The van der Waals surface area contributed by atoms with Gasteiger partial charge in [-0.15, -0.1) is 0 Å². The van der Waals surface area contributed by atoms with E-state index in [2.05, 4.69) is 21.2 Å². The van der Waals surface area contributed by atoms with Crippen LogP contribution in [0.25, 0.3) is 0 Å². The number of amides is 2. The summed E-state index contributed by atoms with van der Waals surface area (Å²) in [6.45, 7) is 4.91. The molecule has 0 aliphatic carbocycles. The summed E-state index contributed by atoms with van der Waals surface area (Å²) in [6.07, 6.45) is 0. The fraction of sp³-hybridized carbons (Fsp3) is 0.212. The van der Waals surface area contributed by atoms with E-state index in [1.54, 1.807) is 49.4 Å². The molecule has 0 aromatic heterocycles. The third kappa shape index (κ3) is 8.46. The quantitative estimate of drug-likeness (QED) is 0.190. The van der Waals surface area contributed by atoms with Crippen LogP contribution in [-0.4, -0.2) is 43.8 Å². The van der Waals surface area contributed by atoms with Gasteiger partial charge in [0.15, 0.2) is 0 Å². The zero-order valence-corrected chi connectivity index (χ0v) is 26.6. The Hall–Kier alpha value is -4.15. The van der Waals surface area contributed by atoms with E-state index in [1.807, 2.05) is 68.4 Å². The molecule has 1 atom stereocenters. The molecule has 0 aliphatic heterocycles. The van der Waals surface area contributed by atoms with Crippen LogP contribution >= 0.6 is 15.9 Å². The molecule has 2 amide bonds. The van der Waals surface area contributed by atoms with Crippen LogP contribution in [0.2, 0.25) is 0 Å². The predicted molar refractivity (Wildman–Crippen MR) is 171 cm³/mol. The average Bonchev–Trinajstić information content (AvgIpc) is 3.00. The minimum atomic E-state index is -4.16. The number of nitrogens with one attached hydrogen (secondary N) is 1. The van der Waals surface area contributed by atoms with Crippen LogP contribution in [0.3, 0.4) is 0 Å². The summed E-state index contributed by atoms with van der Waals surface area (Å²) in [5, 5.41) is 2.85. The number of benzene rings is 4. The molecular formula is C33H34BrN3O5S. The molecule has 0 aliphatic rings. The van der Waals surface area contributed by atoms with Crippen LogP contribution in [-0.2, 0) is 26.2 Å². The number of rotatable bonds is 12. The van der Waals surface area contributed by atoms with Crippen molar-refractivity contribution in [2.24, 2.45) is 0 Å². The number of hydrogen-bond acceptors (Lipinski definition) is 5. The van der Waals surface area contributed by atoms with Gasteiger partial charge in [-0.1, -0.05) is 64.5 Å². The normalized spacial score (nSPS) is 11.9. The van der Waals surface area contributed by atoms with E-state index in [9.17, 15) is 18.0 Å². The Labute approximate surface area is 261 Å². The number of halogens is 1. The number of carbonyl (C=O) groups is 2. The molecule has 224 valence electrons. The monoisotopic (exact) mass is 663 g/mol. The van der Waals surface area contributed by atoms with Crippen molar-refractivity contribution in [1.82, 2.24) is 10.2 Å². The SMILES string of the molecule is CC(C)NC(=O)[C@H](C)N(Cc1ccc(Br)cc1)C(=O)CN(c1ccc(Oc2ccccc2)cc1)S(=O)(=O)c1ccccc1. The first-order valence-corrected chi connectivity index (χ1v) is 16.0. The van der Waals surface area contributed by atoms with Crippen molar-refractivity contribution in [3.63, 3.8) is 0 Å². The Morgan fingerprint density at radius 3 is 1.93 bits per heavy atom. The maximum absolute atomic E-state index is 14.0. The Balaban J connectivity index is 1.69. The minimum absolute atomic E-state index is 0.0393. The molecule has 0 bridgehead atoms. The van der Waals surface area contributed by atoms with Crippen molar-refractivity contribution in [1.29, 1.82) is 0 Å². The van der Waals surface area contributed by atoms with E-state index < -0.39 is 28.5 Å². The zero-order chi connectivity index (χ0) is 31.0. The lowest BCUT2D eigenvalue weighted by atomic mass is 10.1. The summed E-state index contributed by atoms with van der Waals surface area (Å²) in [6, 6.07) is 30.1. The number of hydrogen-bond donors (Lipinski definition) is 1. The lowest BCUT2D eigenvalue weighted by Gasteiger charge is -2.32. The van der Waals surface area contributed by atoms with Crippen molar-refractivity contribution < 1.29 is 22.7 Å². The molecule has 4 rings (SSSR count). The maximum Gasteiger partial charge on any atom is 0.264 e. The van der Waals surface area contributed by atoms with Gasteiger partial charge in [0.1, 0.15) is 24.1 Å². The molecule has 0 unspecified atom stereocenters. The predicted octanol–water partition coefficient (Wildman–Crippen LogP) is 6.38. The molecule has 1 N–H and O–H groups in total. The van der Waals surface area contributed by atoms with Crippen LogP contribution < -0.4 is 14.4 Å². The summed E-state index contributed by atoms with van der Waals surface area (Å²) in [7, 11) is -4.16. The van der Waals surface area contributed by atoms with Gasteiger partial charge < -0.3 is 15.0 Å². The van der Waals surface area contributed by atoms with Crippen molar-refractivity contribution >= 4 is 43.5 Å². The molecule has 0 radical (unpaired) electrons. The van der Waals surface area contributed by atoms with E-state index in [4.69, 9.17) is 4.74 Å². The fourth-order valence-corrected chi connectivity index (χ4v) is 6.03. The summed E-state index contributed by atoms with van der Waals surface area (Å²) < 4.78 is 35.7. The largest absolute Gasteiger partial charge is 0.457 e. The second-order valence-corrected chi connectivity index (χ2v) is 13.0. The average molecular weight is 665 g/mol. The second kappa shape index (κ2) is 14.3. The highest BCUT2D eigenvalue weighted by Crippen LogP contribution is 2.28. The summed E-state index contributed by atoms with van der Waals surface area (Å²) >= 11 is 3.42. The van der Waals surface area contributed by atoms with Crippen molar-refractivity contribution in [2.75, 3.05) is 10.8 Å². The van der Waals surface area contributed by atoms with E-state index in [1.165, 1.54) is 17.0 Å². The second-order valence-electron chi connectivity index (χ2n) is 10.2. The standard InChI is InChI=1S/C33H34BrN3O5S/c1-24(2)35-33(39)25(3)36(22-26-14-16-27(34)17-15-26)32(38)23-37(43(40,41)31-12-8-5-9-13-31)28-18-20-30(21-19-28)42-29-10-6-4-7-11-29/h4-21,24-25H,22-23H2,1-3H3,(H,35,39)/t25-/m0/s1. The van der Waals surface area contributed by atoms with E-state index >= 15 is 0 Å².